The van der Waals surface area contributed by atoms with Gasteiger partial charge in [0.05, 0.1) is 4.92 Å². The molecule has 0 aliphatic rings. The molecule has 1 rings (SSSR count). The lowest BCUT2D eigenvalue weighted by atomic mass is 10.0. The van der Waals surface area contributed by atoms with Crippen LogP contribution in [-0.4, -0.2) is 20.7 Å². The van der Waals surface area contributed by atoms with E-state index in [0.717, 1.165) is 12.8 Å². The standard InChI is InChI=1S/C15H28N4O2/c1-10(2)8-7-9-12(5)16-15-14(19(20)21)13(6)17-18(15)11(3)4/h10-12,16H,7-9H2,1-6H3. The first-order valence-electron chi connectivity index (χ1n) is 7.74. The number of nitro groups is 1. The maximum Gasteiger partial charge on any atom is 0.333 e. The fourth-order valence-electron chi connectivity index (χ4n) is 2.40. The third kappa shape index (κ3) is 4.72. The summed E-state index contributed by atoms with van der Waals surface area (Å²) < 4.78 is 1.71. The lowest BCUT2D eigenvalue weighted by Gasteiger charge is -2.17. The molecule has 21 heavy (non-hydrogen) atoms. The van der Waals surface area contributed by atoms with Crippen LogP contribution in [-0.2, 0) is 0 Å². The van der Waals surface area contributed by atoms with Gasteiger partial charge >= 0.3 is 5.69 Å². The van der Waals surface area contributed by atoms with E-state index in [1.165, 1.54) is 6.42 Å². The number of aromatic nitrogens is 2. The van der Waals surface area contributed by atoms with E-state index in [4.69, 9.17) is 0 Å². The molecule has 0 fully saturated rings. The third-order valence-electron chi connectivity index (χ3n) is 3.53. The van der Waals surface area contributed by atoms with Crippen LogP contribution >= 0.6 is 0 Å². The SMILES string of the molecule is Cc1nn(C(C)C)c(NC(C)CCCC(C)C)c1[N+](=O)[O-]. The molecule has 0 saturated carbocycles. The van der Waals surface area contributed by atoms with E-state index < -0.39 is 0 Å². The van der Waals surface area contributed by atoms with Crippen LogP contribution in [0.1, 0.15) is 65.6 Å². The van der Waals surface area contributed by atoms with Gasteiger partial charge in [-0.1, -0.05) is 26.7 Å². The third-order valence-corrected chi connectivity index (χ3v) is 3.53. The summed E-state index contributed by atoms with van der Waals surface area (Å²) in [6, 6.07) is 0.277. The highest BCUT2D eigenvalue weighted by Gasteiger charge is 2.27. The topological polar surface area (TPSA) is 73.0 Å². The van der Waals surface area contributed by atoms with Gasteiger partial charge in [0, 0.05) is 12.1 Å². The first-order valence-corrected chi connectivity index (χ1v) is 7.74. The molecule has 6 nitrogen and oxygen atoms in total. The molecule has 0 aliphatic carbocycles. The van der Waals surface area contributed by atoms with Crippen molar-refractivity contribution in [2.75, 3.05) is 5.32 Å². The summed E-state index contributed by atoms with van der Waals surface area (Å²) in [6.07, 6.45) is 3.29. The Morgan fingerprint density at radius 3 is 2.33 bits per heavy atom. The Morgan fingerprint density at radius 1 is 1.24 bits per heavy atom. The molecular formula is C15H28N4O2. The molecule has 0 bridgehead atoms. The van der Waals surface area contributed by atoms with Crippen LogP contribution in [0.3, 0.4) is 0 Å². The van der Waals surface area contributed by atoms with Gasteiger partial charge in [-0.3, -0.25) is 10.1 Å². The number of anilines is 1. The van der Waals surface area contributed by atoms with Gasteiger partial charge in [-0.15, -0.1) is 0 Å². The van der Waals surface area contributed by atoms with Gasteiger partial charge in [0.25, 0.3) is 0 Å². The van der Waals surface area contributed by atoms with Crippen LogP contribution in [0.2, 0.25) is 0 Å². The van der Waals surface area contributed by atoms with Crippen molar-refractivity contribution in [2.45, 2.75) is 72.9 Å². The molecule has 0 aliphatic heterocycles. The average Bonchev–Trinajstić information content (AvgIpc) is 2.65. The Bertz CT molecular complexity index is 480. The molecule has 1 atom stereocenters. The molecule has 0 saturated heterocycles. The van der Waals surface area contributed by atoms with Gasteiger partial charge in [-0.05, 0) is 40.0 Å². The summed E-state index contributed by atoms with van der Waals surface area (Å²) in [6.45, 7) is 12.1. The number of hydrogen-bond acceptors (Lipinski definition) is 4. The van der Waals surface area contributed by atoms with Crippen LogP contribution in [0.5, 0.6) is 0 Å². The van der Waals surface area contributed by atoms with E-state index in [2.05, 4.69) is 31.2 Å². The van der Waals surface area contributed by atoms with Crippen molar-refractivity contribution in [3.63, 3.8) is 0 Å². The molecule has 1 heterocycles. The van der Waals surface area contributed by atoms with Gasteiger partial charge < -0.3 is 5.32 Å². The molecule has 0 amide bonds. The molecule has 1 aromatic rings. The van der Waals surface area contributed by atoms with Gasteiger partial charge in [0.1, 0.15) is 5.69 Å². The molecular weight excluding hydrogens is 268 g/mol. The summed E-state index contributed by atoms with van der Waals surface area (Å²) in [5.41, 5.74) is 0.560. The fourth-order valence-corrected chi connectivity index (χ4v) is 2.40. The highest BCUT2D eigenvalue weighted by Crippen LogP contribution is 2.31. The van der Waals surface area contributed by atoms with Gasteiger partial charge in [-0.2, -0.15) is 5.10 Å². The van der Waals surface area contributed by atoms with Gasteiger partial charge in [0.15, 0.2) is 0 Å². The zero-order chi connectivity index (χ0) is 16.2. The summed E-state index contributed by atoms with van der Waals surface area (Å²) in [5, 5.41) is 18.9. The van der Waals surface area contributed by atoms with Crippen molar-refractivity contribution < 1.29 is 4.92 Å². The second-order valence-corrected chi connectivity index (χ2v) is 6.45. The molecule has 1 N–H and O–H groups in total. The van der Waals surface area contributed by atoms with Crippen LogP contribution in [0.15, 0.2) is 0 Å². The van der Waals surface area contributed by atoms with Gasteiger partial charge in [-0.25, -0.2) is 4.68 Å². The van der Waals surface area contributed by atoms with Crippen LogP contribution in [0, 0.1) is 23.0 Å². The highest BCUT2D eigenvalue weighted by atomic mass is 16.6. The Kier molecular flexibility index (Phi) is 6.18. The minimum atomic E-state index is -0.343. The second kappa shape index (κ2) is 7.43. The van der Waals surface area contributed by atoms with Crippen molar-refractivity contribution in [3.05, 3.63) is 15.8 Å². The minimum absolute atomic E-state index is 0.0859. The number of hydrogen-bond donors (Lipinski definition) is 1. The smallest absolute Gasteiger partial charge is 0.333 e. The minimum Gasteiger partial charge on any atom is -0.362 e. The lowest BCUT2D eigenvalue weighted by molar-refractivity contribution is -0.384. The van der Waals surface area contributed by atoms with Crippen molar-refractivity contribution >= 4 is 11.5 Å². The molecule has 0 aromatic carbocycles. The zero-order valence-corrected chi connectivity index (χ0v) is 14.0. The second-order valence-electron chi connectivity index (χ2n) is 6.45. The van der Waals surface area contributed by atoms with Crippen molar-refractivity contribution in [1.29, 1.82) is 0 Å². The van der Waals surface area contributed by atoms with Gasteiger partial charge in [0.2, 0.25) is 5.82 Å². The molecule has 0 spiro atoms. The summed E-state index contributed by atoms with van der Waals surface area (Å²) in [7, 11) is 0. The molecule has 6 heteroatoms. The first kappa shape index (κ1) is 17.5. The van der Waals surface area contributed by atoms with Crippen LogP contribution in [0.25, 0.3) is 0 Å². The molecule has 1 aromatic heterocycles. The Hall–Kier alpha value is -1.59. The Balaban J connectivity index is 2.87. The Labute approximate surface area is 127 Å². The van der Waals surface area contributed by atoms with Crippen molar-refractivity contribution in [3.8, 4) is 0 Å². The highest BCUT2D eigenvalue weighted by molar-refractivity contribution is 5.60. The summed E-state index contributed by atoms with van der Waals surface area (Å²) >= 11 is 0. The lowest BCUT2D eigenvalue weighted by Crippen LogP contribution is -2.19. The first-order chi connectivity index (χ1) is 9.73. The monoisotopic (exact) mass is 296 g/mol. The van der Waals surface area contributed by atoms with Crippen LogP contribution < -0.4 is 5.32 Å². The predicted molar refractivity (Wildman–Crippen MR) is 85.8 cm³/mol. The number of nitrogens with zero attached hydrogens (tertiary/aromatic N) is 3. The maximum absolute atomic E-state index is 11.3. The largest absolute Gasteiger partial charge is 0.362 e. The van der Waals surface area contributed by atoms with Crippen LogP contribution in [0.4, 0.5) is 11.5 Å². The van der Waals surface area contributed by atoms with E-state index in [9.17, 15) is 10.1 Å². The number of rotatable bonds is 8. The van der Waals surface area contributed by atoms with E-state index in [1.807, 2.05) is 13.8 Å². The number of nitrogens with one attached hydrogen (secondary N) is 1. The quantitative estimate of drug-likeness (QED) is 0.573. The summed E-state index contributed by atoms with van der Waals surface area (Å²) in [5.74, 6) is 1.22. The van der Waals surface area contributed by atoms with Crippen molar-refractivity contribution in [1.82, 2.24) is 9.78 Å². The predicted octanol–water partition coefficient (Wildman–Crippen LogP) is 4.31. The average molecular weight is 296 g/mol. The number of aryl methyl sites for hydroxylation is 1. The van der Waals surface area contributed by atoms with Crippen molar-refractivity contribution in [2.24, 2.45) is 5.92 Å². The molecule has 1 unspecified atom stereocenters. The summed E-state index contributed by atoms with van der Waals surface area (Å²) in [4.78, 5) is 10.9. The zero-order valence-electron chi connectivity index (χ0n) is 14.0. The Morgan fingerprint density at radius 2 is 1.86 bits per heavy atom. The molecule has 0 radical (unpaired) electrons. The van der Waals surface area contributed by atoms with E-state index in [1.54, 1.807) is 11.6 Å². The fraction of sp³-hybridized carbons (Fsp3) is 0.800. The normalized spacial score (nSPS) is 13.0. The molecule has 120 valence electrons. The van der Waals surface area contributed by atoms with E-state index in [-0.39, 0.29) is 22.7 Å². The maximum atomic E-state index is 11.3. The van der Waals surface area contributed by atoms with E-state index >= 15 is 0 Å². The van der Waals surface area contributed by atoms with E-state index in [0.29, 0.717) is 17.4 Å².